The number of carbonyl (C=O) groups excluding carboxylic acids is 3. The van der Waals surface area contributed by atoms with Gasteiger partial charge in [0.25, 0.3) is 0 Å². The number of carbonyl (C=O) groups is 3. The van der Waals surface area contributed by atoms with Crippen LogP contribution in [0.5, 0.6) is 0 Å². The number of hydrogen-bond acceptors (Lipinski definition) is 5. The molecular weight excluding hydrogens is 308 g/mol. The van der Waals surface area contributed by atoms with Crippen LogP contribution in [0.4, 0.5) is 0 Å². The summed E-state index contributed by atoms with van der Waals surface area (Å²) in [6.45, 7) is 5.89. The van der Waals surface area contributed by atoms with Crippen molar-refractivity contribution in [3.63, 3.8) is 0 Å². The van der Waals surface area contributed by atoms with E-state index in [1.165, 1.54) is 0 Å². The van der Waals surface area contributed by atoms with E-state index < -0.39 is 0 Å². The van der Waals surface area contributed by atoms with Crippen LogP contribution in [-0.4, -0.2) is 30.4 Å². The summed E-state index contributed by atoms with van der Waals surface area (Å²) in [4.78, 5) is 35.7. The maximum atomic E-state index is 12.2. The van der Waals surface area contributed by atoms with Gasteiger partial charge in [0.05, 0.1) is 12.5 Å². The van der Waals surface area contributed by atoms with Crippen molar-refractivity contribution >= 4 is 17.7 Å². The van der Waals surface area contributed by atoms with Crippen LogP contribution in [0.25, 0.3) is 0 Å². The summed E-state index contributed by atoms with van der Waals surface area (Å²) in [7, 11) is 0. The maximum Gasteiger partial charge on any atom is 0.309 e. The van der Waals surface area contributed by atoms with Crippen LogP contribution in [0, 0.1) is 23.7 Å². The van der Waals surface area contributed by atoms with Crippen molar-refractivity contribution in [2.45, 2.75) is 59.0 Å². The number of cyclic esters (lactones) is 1. The van der Waals surface area contributed by atoms with E-state index in [1.807, 2.05) is 13.0 Å². The number of ketones is 1. The summed E-state index contributed by atoms with van der Waals surface area (Å²) in [5.74, 6) is -0.573. The average Bonchev–Trinajstić information content (AvgIpc) is 2.99. The van der Waals surface area contributed by atoms with Gasteiger partial charge in [-0.2, -0.15) is 0 Å². The Bertz CT molecular complexity index is 510. The molecule has 1 aliphatic heterocycles. The second-order valence-corrected chi connectivity index (χ2v) is 6.97. The van der Waals surface area contributed by atoms with Crippen LogP contribution in [0.3, 0.4) is 0 Å². The number of Topliss-reactive ketones (excluding diaryl/α,β-unsaturated/α-hetero) is 1. The van der Waals surface area contributed by atoms with Gasteiger partial charge in [-0.3, -0.25) is 14.4 Å². The predicted octanol–water partition coefficient (Wildman–Crippen LogP) is 3.07. The molecule has 0 aromatic carbocycles. The fraction of sp³-hybridized carbons (Fsp3) is 0.737. The fourth-order valence-electron chi connectivity index (χ4n) is 3.66. The molecule has 2 aliphatic rings. The van der Waals surface area contributed by atoms with Crippen molar-refractivity contribution in [3.05, 3.63) is 12.2 Å². The first-order valence-corrected chi connectivity index (χ1v) is 8.97. The number of esters is 2. The molecule has 5 unspecified atom stereocenters. The van der Waals surface area contributed by atoms with E-state index in [0.29, 0.717) is 12.8 Å². The van der Waals surface area contributed by atoms with Crippen molar-refractivity contribution in [1.82, 2.24) is 0 Å². The molecule has 24 heavy (non-hydrogen) atoms. The summed E-state index contributed by atoms with van der Waals surface area (Å²) < 4.78 is 10.5. The van der Waals surface area contributed by atoms with Crippen molar-refractivity contribution < 1.29 is 23.9 Å². The Balaban J connectivity index is 1.82. The van der Waals surface area contributed by atoms with Gasteiger partial charge in [-0.15, -0.1) is 0 Å². The first-order valence-electron chi connectivity index (χ1n) is 8.97. The molecule has 1 heterocycles. The van der Waals surface area contributed by atoms with Gasteiger partial charge in [-0.25, -0.2) is 0 Å². The molecule has 1 aliphatic carbocycles. The predicted molar refractivity (Wildman–Crippen MR) is 89.1 cm³/mol. The standard InChI is InChI=1S/C19H28O5/c1-4-5-6-7-15-14(8-9-17(15)20)10-18(21)23-11-16-12(2)19(22)24-13(16)3/h5-6,12-16H,4,7-11H2,1-3H3. The molecule has 2 rings (SSSR count). The molecular formula is C19H28O5. The second kappa shape index (κ2) is 8.45. The van der Waals surface area contributed by atoms with Gasteiger partial charge in [0, 0.05) is 24.7 Å². The van der Waals surface area contributed by atoms with Crippen LogP contribution < -0.4 is 0 Å². The lowest BCUT2D eigenvalue weighted by atomic mass is 9.89. The Hall–Kier alpha value is -1.65. The minimum absolute atomic E-state index is 0.0606. The molecule has 2 fully saturated rings. The minimum Gasteiger partial charge on any atom is -0.465 e. The molecule has 0 N–H and O–H groups in total. The molecule has 0 radical (unpaired) electrons. The molecule has 0 aromatic heterocycles. The van der Waals surface area contributed by atoms with Crippen LogP contribution in [0.1, 0.15) is 52.9 Å². The van der Waals surface area contributed by atoms with E-state index in [2.05, 4.69) is 13.0 Å². The number of allylic oxidation sites excluding steroid dienone is 2. The molecule has 0 bridgehead atoms. The van der Waals surface area contributed by atoms with E-state index >= 15 is 0 Å². The lowest BCUT2D eigenvalue weighted by Gasteiger charge is -2.19. The normalized spacial score (nSPS) is 33.2. The van der Waals surface area contributed by atoms with Crippen LogP contribution in [-0.2, 0) is 23.9 Å². The van der Waals surface area contributed by atoms with Crippen LogP contribution in [0.15, 0.2) is 12.2 Å². The van der Waals surface area contributed by atoms with Gasteiger partial charge in [0.2, 0.25) is 0 Å². The van der Waals surface area contributed by atoms with Gasteiger partial charge in [-0.05, 0) is 32.1 Å². The molecule has 5 nitrogen and oxygen atoms in total. The number of hydrogen-bond donors (Lipinski definition) is 0. The molecule has 0 spiro atoms. The highest BCUT2D eigenvalue weighted by Gasteiger charge is 2.40. The molecule has 0 amide bonds. The third-order valence-electron chi connectivity index (χ3n) is 5.32. The van der Waals surface area contributed by atoms with Gasteiger partial charge < -0.3 is 9.47 Å². The van der Waals surface area contributed by atoms with E-state index in [-0.39, 0.29) is 60.5 Å². The first-order chi connectivity index (χ1) is 11.4. The highest BCUT2D eigenvalue weighted by atomic mass is 16.6. The van der Waals surface area contributed by atoms with Gasteiger partial charge in [-0.1, -0.05) is 26.0 Å². The smallest absolute Gasteiger partial charge is 0.309 e. The molecule has 1 saturated heterocycles. The topological polar surface area (TPSA) is 69.7 Å². The maximum absolute atomic E-state index is 12.2. The average molecular weight is 336 g/mol. The largest absolute Gasteiger partial charge is 0.465 e. The third kappa shape index (κ3) is 4.46. The quantitative estimate of drug-likeness (QED) is 0.528. The van der Waals surface area contributed by atoms with Gasteiger partial charge >= 0.3 is 11.9 Å². The van der Waals surface area contributed by atoms with Crippen molar-refractivity contribution in [1.29, 1.82) is 0 Å². The molecule has 134 valence electrons. The zero-order valence-corrected chi connectivity index (χ0v) is 14.8. The van der Waals surface area contributed by atoms with Gasteiger partial charge in [0.1, 0.15) is 11.9 Å². The molecule has 1 saturated carbocycles. The Labute approximate surface area is 143 Å². The monoisotopic (exact) mass is 336 g/mol. The lowest BCUT2D eigenvalue weighted by Crippen LogP contribution is -2.25. The Morgan fingerprint density at radius 3 is 2.67 bits per heavy atom. The summed E-state index contributed by atoms with van der Waals surface area (Å²) in [6.07, 6.45) is 7.13. The van der Waals surface area contributed by atoms with E-state index in [9.17, 15) is 14.4 Å². The molecule has 5 atom stereocenters. The Kier molecular flexibility index (Phi) is 6.58. The zero-order chi connectivity index (χ0) is 17.7. The third-order valence-corrected chi connectivity index (χ3v) is 5.32. The van der Waals surface area contributed by atoms with Gasteiger partial charge in [0.15, 0.2) is 0 Å². The Morgan fingerprint density at radius 2 is 2.04 bits per heavy atom. The fourth-order valence-corrected chi connectivity index (χ4v) is 3.66. The van der Waals surface area contributed by atoms with Crippen LogP contribution in [0.2, 0.25) is 0 Å². The molecule has 5 heteroatoms. The zero-order valence-electron chi connectivity index (χ0n) is 14.8. The summed E-state index contributed by atoms with van der Waals surface area (Å²) in [5, 5.41) is 0. The number of ether oxygens (including phenoxy) is 2. The van der Waals surface area contributed by atoms with Crippen LogP contribution >= 0.6 is 0 Å². The Morgan fingerprint density at radius 1 is 1.29 bits per heavy atom. The summed E-state index contributed by atoms with van der Waals surface area (Å²) >= 11 is 0. The van der Waals surface area contributed by atoms with E-state index in [4.69, 9.17) is 9.47 Å². The SMILES string of the molecule is CCC=CCC1C(=O)CCC1CC(=O)OCC1C(C)OC(=O)C1C. The lowest BCUT2D eigenvalue weighted by molar-refractivity contribution is -0.147. The van der Waals surface area contributed by atoms with E-state index in [1.54, 1.807) is 6.92 Å². The minimum atomic E-state index is -0.280. The molecule has 0 aromatic rings. The summed E-state index contributed by atoms with van der Waals surface area (Å²) in [6, 6.07) is 0. The second-order valence-electron chi connectivity index (χ2n) is 6.97. The number of rotatable bonds is 7. The highest BCUT2D eigenvalue weighted by Crippen LogP contribution is 2.35. The first kappa shape index (κ1) is 18.7. The van der Waals surface area contributed by atoms with Crippen molar-refractivity contribution in [3.8, 4) is 0 Å². The van der Waals surface area contributed by atoms with Crippen molar-refractivity contribution in [2.24, 2.45) is 23.7 Å². The van der Waals surface area contributed by atoms with Crippen molar-refractivity contribution in [2.75, 3.05) is 6.61 Å². The highest BCUT2D eigenvalue weighted by molar-refractivity contribution is 5.84. The van der Waals surface area contributed by atoms with E-state index in [0.717, 1.165) is 12.8 Å². The summed E-state index contributed by atoms with van der Waals surface area (Å²) in [5.41, 5.74) is 0.